The average Bonchev–Trinajstić information content (AvgIpc) is 2.48. The molecule has 0 radical (unpaired) electrons. The monoisotopic (exact) mass is 280 g/mol. The molecule has 0 aromatic carbocycles. The second-order valence-electron chi connectivity index (χ2n) is 8.08. The predicted octanol–water partition coefficient (Wildman–Crippen LogP) is 4.03. The molecule has 114 valence electrons. The van der Waals surface area contributed by atoms with E-state index in [1.807, 2.05) is 26.8 Å². The van der Waals surface area contributed by atoms with Crippen molar-refractivity contribution in [1.29, 1.82) is 0 Å². The lowest BCUT2D eigenvalue weighted by molar-refractivity contribution is -0.112. The fourth-order valence-electron chi connectivity index (χ4n) is 2.10. The zero-order valence-electron chi connectivity index (χ0n) is 14.5. The highest BCUT2D eigenvalue weighted by Gasteiger charge is 2.56. The molecule has 0 bridgehead atoms. The van der Waals surface area contributed by atoms with Crippen molar-refractivity contribution < 1.29 is 14.1 Å². The Morgan fingerprint density at radius 3 is 1.75 bits per heavy atom. The SMILES string of the molecule is C/C(=C\C(C)(C)C=O)C(C)(C)B1OC(C)(C)C(C)(C)O1. The van der Waals surface area contributed by atoms with Crippen LogP contribution in [-0.4, -0.2) is 24.6 Å². The maximum absolute atomic E-state index is 11.1. The maximum Gasteiger partial charge on any atom is 0.468 e. The Balaban J connectivity index is 3.05. The van der Waals surface area contributed by atoms with Crippen molar-refractivity contribution in [2.24, 2.45) is 5.41 Å². The van der Waals surface area contributed by atoms with Crippen molar-refractivity contribution in [3.05, 3.63) is 11.6 Å². The molecule has 0 N–H and O–H groups in total. The third-order valence-electron chi connectivity index (χ3n) is 4.75. The lowest BCUT2D eigenvalue weighted by Crippen LogP contribution is -2.41. The predicted molar refractivity (Wildman–Crippen MR) is 83.7 cm³/mol. The summed E-state index contributed by atoms with van der Waals surface area (Å²) in [4.78, 5) is 11.1. The van der Waals surface area contributed by atoms with Gasteiger partial charge in [0.1, 0.15) is 6.29 Å². The summed E-state index contributed by atoms with van der Waals surface area (Å²) in [6, 6.07) is 0. The van der Waals surface area contributed by atoms with Gasteiger partial charge in [-0.1, -0.05) is 25.5 Å². The minimum absolute atomic E-state index is 0.286. The van der Waals surface area contributed by atoms with E-state index in [9.17, 15) is 4.79 Å². The molecule has 0 aromatic heterocycles. The third kappa shape index (κ3) is 3.17. The Hall–Kier alpha value is -0.605. The lowest BCUT2D eigenvalue weighted by Gasteiger charge is -2.32. The number of hydrogen-bond donors (Lipinski definition) is 0. The molecular weight excluding hydrogens is 251 g/mol. The van der Waals surface area contributed by atoms with Crippen LogP contribution < -0.4 is 0 Å². The van der Waals surface area contributed by atoms with Crippen LogP contribution in [0.25, 0.3) is 0 Å². The van der Waals surface area contributed by atoms with Gasteiger partial charge in [0.05, 0.1) is 11.2 Å². The van der Waals surface area contributed by atoms with Crippen LogP contribution in [0.5, 0.6) is 0 Å². The van der Waals surface area contributed by atoms with E-state index in [4.69, 9.17) is 9.31 Å². The van der Waals surface area contributed by atoms with Crippen LogP contribution in [0.1, 0.15) is 62.3 Å². The van der Waals surface area contributed by atoms with Gasteiger partial charge in [-0.15, -0.1) is 0 Å². The van der Waals surface area contributed by atoms with Gasteiger partial charge in [0, 0.05) is 10.7 Å². The molecule has 4 heteroatoms. The van der Waals surface area contributed by atoms with Crippen molar-refractivity contribution in [1.82, 2.24) is 0 Å². The van der Waals surface area contributed by atoms with Crippen LogP contribution in [0.4, 0.5) is 0 Å². The Kier molecular flexibility index (Phi) is 4.35. The van der Waals surface area contributed by atoms with Crippen molar-refractivity contribution in [3.63, 3.8) is 0 Å². The van der Waals surface area contributed by atoms with Gasteiger partial charge in [0.25, 0.3) is 0 Å². The maximum atomic E-state index is 11.1. The van der Waals surface area contributed by atoms with Crippen molar-refractivity contribution >= 4 is 13.4 Å². The Bertz CT molecular complexity index is 403. The standard InChI is InChI=1S/C16H29BO3/c1-12(10-13(2,3)11-18)14(4,5)17-19-15(6,7)16(8,9)20-17/h10-11H,1-9H3/b12-10+. The number of carbonyl (C=O) groups is 1. The summed E-state index contributed by atoms with van der Waals surface area (Å²) in [5.74, 6) is 0. The van der Waals surface area contributed by atoms with Gasteiger partial charge in [-0.05, 0) is 48.5 Å². The topological polar surface area (TPSA) is 35.5 Å². The summed E-state index contributed by atoms with van der Waals surface area (Å²) in [5, 5.41) is -0.286. The number of hydrogen-bond acceptors (Lipinski definition) is 3. The van der Waals surface area contributed by atoms with Gasteiger partial charge >= 0.3 is 7.12 Å². The molecule has 1 rings (SSSR count). The normalized spacial score (nSPS) is 23.1. The highest BCUT2D eigenvalue weighted by Crippen LogP contribution is 2.48. The molecule has 1 saturated heterocycles. The van der Waals surface area contributed by atoms with E-state index >= 15 is 0 Å². The Morgan fingerprint density at radius 1 is 1.00 bits per heavy atom. The van der Waals surface area contributed by atoms with E-state index in [1.54, 1.807) is 0 Å². The second kappa shape index (κ2) is 4.99. The molecule has 20 heavy (non-hydrogen) atoms. The minimum atomic E-state index is -0.467. The molecule has 3 nitrogen and oxygen atoms in total. The first kappa shape index (κ1) is 17.4. The molecule has 1 aliphatic rings. The molecule has 0 aliphatic carbocycles. The van der Waals surface area contributed by atoms with Gasteiger partial charge in [0.15, 0.2) is 0 Å². The fraction of sp³-hybridized carbons (Fsp3) is 0.812. The molecule has 0 unspecified atom stereocenters. The van der Waals surface area contributed by atoms with E-state index in [2.05, 4.69) is 41.5 Å². The lowest BCUT2D eigenvalue weighted by atomic mass is 9.55. The van der Waals surface area contributed by atoms with Gasteiger partial charge in [-0.2, -0.15) is 0 Å². The Morgan fingerprint density at radius 2 is 1.40 bits per heavy atom. The summed E-state index contributed by atoms with van der Waals surface area (Å²) in [6.07, 6.45) is 2.97. The molecule has 0 saturated carbocycles. The van der Waals surface area contributed by atoms with Gasteiger partial charge in [-0.25, -0.2) is 0 Å². The van der Waals surface area contributed by atoms with Crippen molar-refractivity contribution in [2.75, 3.05) is 0 Å². The van der Waals surface area contributed by atoms with E-state index in [0.717, 1.165) is 11.9 Å². The molecule has 0 atom stereocenters. The Labute approximate surface area is 124 Å². The first-order chi connectivity index (χ1) is 8.75. The number of carbonyl (C=O) groups excluding carboxylic acids is 1. The molecule has 0 amide bonds. The summed E-state index contributed by atoms with van der Waals surface area (Å²) in [6.45, 7) is 18.3. The van der Waals surface area contributed by atoms with Crippen LogP contribution in [0.3, 0.4) is 0 Å². The smallest absolute Gasteiger partial charge is 0.403 e. The summed E-state index contributed by atoms with van der Waals surface area (Å²) in [5.41, 5.74) is -0.0384. The molecule has 0 spiro atoms. The van der Waals surface area contributed by atoms with Gasteiger partial charge in [0.2, 0.25) is 0 Å². The van der Waals surface area contributed by atoms with Gasteiger partial charge < -0.3 is 14.1 Å². The fourth-order valence-corrected chi connectivity index (χ4v) is 2.10. The van der Waals surface area contributed by atoms with Crippen LogP contribution in [0, 0.1) is 5.41 Å². The van der Waals surface area contributed by atoms with Crippen LogP contribution in [0.2, 0.25) is 5.31 Å². The third-order valence-corrected chi connectivity index (χ3v) is 4.75. The first-order valence-corrected chi connectivity index (χ1v) is 7.27. The highest BCUT2D eigenvalue weighted by molar-refractivity contribution is 6.50. The zero-order valence-corrected chi connectivity index (χ0v) is 14.5. The zero-order chi connectivity index (χ0) is 16.0. The quantitative estimate of drug-likeness (QED) is 0.443. The average molecular weight is 280 g/mol. The number of rotatable bonds is 4. The molecule has 1 heterocycles. The molecule has 0 aromatic rings. The largest absolute Gasteiger partial charge is 0.468 e. The highest BCUT2D eigenvalue weighted by atomic mass is 16.7. The molecule has 1 aliphatic heterocycles. The summed E-state index contributed by atoms with van der Waals surface area (Å²) < 4.78 is 12.3. The number of aldehydes is 1. The first-order valence-electron chi connectivity index (χ1n) is 7.27. The molecular formula is C16H29BO3. The molecule has 1 fully saturated rings. The van der Waals surface area contributed by atoms with Crippen LogP contribution in [0.15, 0.2) is 11.6 Å². The van der Waals surface area contributed by atoms with Crippen LogP contribution >= 0.6 is 0 Å². The second-order valence-corrected chi connectivity index (χ2v) is 8.08. The minimum Gasteiger partial charge on any atom is -0.403 e. The summed E-state index contributed by atoms with van der Waals surface area (Å²) >= 11 is 0. The van der Waals surface area contributed by atoms with Crippen molar-refractivity contribution in [3.8, 4) is 0 Å². The van der Waals surface area contributed by atoms with Crippen LogP contribution in [-0.2, 0) is 14.1 Å². The van der Waals surface area contributed by atoms with E-state index in [-0.39, 0.29) is 23.6 Å². The van der Waals surface area contributed by atoms with E-state index in [0.29, 0.717) is 0 Å². The summed E-state index contributed by atoms with van der Waals surface area (Å²) in [7, 11) is -0.314. The van der Waals surface area contributed by atoms with E-state index < -0.39 is 5.41 Å². The van der Waals surface area contributed by atoms with Gasteiger partial charge in [-0.3, -0.25) is 0 Å². The van der Waals surface area contributed by atoms with Crippen molar-refractivity contribution in [2.45, 2.75) is 78.8 Å². The van der Waals surface area contributed by atoms with E-state index in [1.165, 1.54) is 0 Å². The number of allylic oxidation sites excluding steroid dienone is 2.